The van der Waals surface area contributed by atoms with Crippen LogP contribution in [0.5, 0.6) is 0 Å². The summed E-state index contributed by atoms with van der Waals surface area (Å²) in [6.07, 6.45) is 1.65. The molecule has 1 N–H and O–H groups in total. The molecule has 1 heterocycles. The third-order valence-electron chi connectivity index (χ3n) is 1.48. The van der Waals surface area contributed by atoms with Crippen LogP contribution in [0.25, 0.3) is 0 Å². The number of aromatic nitrogens is 1. The number of hydrogen-bond donors (Lipinski definition) is 1. The van der Waals surface area contributed by atoms with Crippen molar-refractivity contribution in [3.63, 3.8) is 0 Å². The zero-order chi connectivity index (χ0) is 8.81. The molecule has 65 valence electrons. The summed E-state index contributed by atoms with van der Waals surface area (Å²) in [6, 6.07) is 4.80. The lowest BCUT2D eigenvalue weighted by molar-refractivity contribution is 0.182. The Morgan fingerprint density at radius 3 is 3.17 bits per heavy atom. The molecule has 3 heteroatoms. The lowest BCUT2D eigenvalue weighted by Gasteiger charge is -2.07. The van der Waals surface area contributed by atoms with Gasteiger partial charge in [-0.05, 0) is 13.0 Å². The first kappa shape index (κ1) is 9.00. The predicted molar refractivity (Wildman–Crippen MR) is 47.9 cm³/mol. The zero-order valence-corrected chi connectivity index (χ0v) is 7.42. The molecule has 1 radical (unpaired) electrons. The van der Waals surface area contributed by atoms with Crippen LogP contribution in [0.2, 0.25) is 0 Å². The number of methoxy groups -OCH3 is 1. The molecule has 0 aliphatic rings. The first-order valence-corrected chi connectivity index (χ1v) is 3.96. The summed E-state index contributed by atoms with van der Waals surface area (Å²) in [6.45, 7) is 3.47. The molecule has 1 rings (SSSR count). The smallest absolute Gasteiger partial charge is 0.0905 e. The van der Waals surface area contributed by atoms with Crippen LogP contribution in [0, 0.1) is 6.07 Å². The zero-order valence-electron chi connectivity index (χ0n) is 7.42. The Hall–Kier alpha value is -1.09. The van der Waals surface area contributed by atoms with E-state index >= 15 is 0 Å². The van der Waals surface area contributed by atoms with Crippen LogP contribution in [0.4, 0.5) is 5.69 Å². The maximum absolute atomic E-state index is 5.00. The topological polar surface area (TPSA) is 34.2 Å². The van der Waals surface area contributed by atoms with E-state index in [2.05, 4.69) is 16.4 Å². The van der Waals surface area contributed by atoms with Crippen LogP contribution in [0.15, 0.2) is 12.3 Å². The molecule has 0 aliphatic heterocycles. The summed E-state index contributed by atoms with van der Waals surface area (Å²) in [7, 11) is 1.66. The van der Waals surface area contributed by atoms with Crippen molar-refractivity contribution in [3.8, 4) is 0 Å². The van der Waals surface area contributed by atoms with E-state index < -0.39 is 0 Å². The van der Waals surface area contributed by atoms with Crippen molar-refractivity contribution in [3.05, 3.63) is 24.0 Å². The molecule has 1 aromatic heterocycles. The molecule has 0 unspecified atom stereocenters. The van der Waals surface area contributed by atoms with Crippen LogP contribution in [-0.2, 0) is 11.3 Å². The van der Waals surface area contributed by atoms with Gasteiger partial charge in [0.15, 0.2) is 0 Å². The van der Waals surface area contributed by atoms with Gasteiger partial charge in [-0.15, -0.1) is 0 Å². The fraction of sp³-hybridized carbons (Fsp3) is 0.444. The molecule has 0 spiro atoms. The number of anilines is 1. The summed E-state index contributed by atoms with van der Waals surface area (Å²) >= 11 is 0. The minimum Gasteiger partial charge on any atom is -0.384 e. The Morgan fingerprint density at radius 2 is 2.50 bits per heavy atom. The molecule has 1 aromatic rings. The highest BCUT2D eigenvalue weighted by Gasteiger charge is 1.99. The maximum atomic E-state index is 5.00. The van der Waals surface area contributed by atoms with Crippen LogP contribution >= 0.6 is 0 Å². The quantitative estimate of drug-likeness (QED) is 0.733. The summed E-state index contributed by atoms with van der Waals surface area (Å²) in [4.78, 5) is 4.14. The average Bonchev–Trinajstić information content (AvgIpc) is 2.09. The van der Waals surface area contributed by atoms with Gasteiger partial charge in [0.25, 0.3) is 0 Å². The Labute approximate surface area is 72.8 Å². The lowest BCUT2D eigenvalue weighted by Crippen LogP contribution is -2.03. The molecule has 0 saturated heterocycles. The molecule has 0 atom stereocenters. The molecule has 0 saturated carbocycles. The van der Waals surface area contributed by atoms with Gasteiger partial charge in [0.1, 0.15) is 0 Å². The summed E-state index contributed by atoms with van der Waals surface area (Å²) < 4.78 is 5.00. The lowest BCUT2D eigenvalue weighted by atomic mass is 10.3. The van der Waals surface area contributed by atoms with E-state index in [0.29, 0.717) is 6.61 Å². The Kier molecular flexibility index (Phi) is 3.54. The molecule has 12 heavy (non-hydrogen) atoms. The van der Waals surface area contributed by atoms with Gasteiger partial charge in [-0.1, -0.05) is 0 Å². The third-order valence-corrected chi connectivity index (χ3v) is 1.48. The van der Waals surface area contributed by atoms with Crippen molar-refractivity contribution < 1.29 is 4.74 Å². The number of hydrogen-bond acceptors (Lipinski definition) is 3. The predicted octanol–water partition coefficient (Wildman–Crippen LogP) is 1.46. The second-order valence-electron chi connectivity index (χ2n) is 2.39. The minimum atomic E-state index is 0.539. The van der Waals surface area contributed by atoms with Crippen LogP contribution in [-0.4, -0.2) is 18.6 Å². The first-order valence-electron chi connectivity index (χ1n) is 3.96. The van der Waals surface area contributed by atoms with Crippen LogP contribution < -0.4 is 5.32 Å². The van der Waals surface area contributed by atoms with E-state index in [9.17, 15) is 0 Å². The Bertz CT molecular complexity index is 213. The van der Waals surface area contributed by atoms with Gasteiger partial charge in [-0.3, -0.25) is 4.98 Å². The fourth-order valence-corrected chi connectivity index (χ4v) is 0.984. The van der Waals surface area contributed by atoms with Crippen LogP contribution in [0.3, 0.4) is 0 Å². The SMILES string of the molecule is CCNc1c[c]cnc1COC. The van der Waals surface area contributed by atoms with E-state index in [-0.39, 0.29) is 0 Å². The highest BCUT2D eigenvalue weighted by Crippen LogP contribution is 2.11. The standard InChI is InChI=1S/C9H13N2O/c1-3-10-8-5-4-6-11-9(8)7-12-2/h5-6,10H,3,7H2,1-2H3. The fourth-order valence-electron chi connectivity index (χ4n) is 0.984. The maximum Gasteiger partial charge on any atom is 0.0905 e. The van der Waals surface area contributed by atoms with Gasteiger partial charge in [0.05, 0.1) is 18.0 Å². The molecule has 0 aromatic carbocycles. The monoisotopic (exact) mass is 165 g/mol. The number of rotatable bonds is 4. The summed E-state index contributed by atoms with van der Waals surface area (Å²) in [5, 5.41) is 3.19. The summed E-state index contributed by atoms with van der Waals surface area (Å²) in [5.74, 6) is 0. The molecular formula is C9H13N2O. The van der Waals surface area contributed by atoms with Crippen molar-refractivity contribution in [2.24, 2.45) is 0 Å². The normalized spacial score (nSPS) is 9.83. The van der Waals surface area contributed by atoms with Crippen molar-refractivity contribution in [1.29, 1.82) is 0 Å². The van der Waals surface area contributed by atoms with Crippen molar-refractivity contribution in [2.75, 3.05) is 19.0 Å². The van der Waals surface area contributed by atoms with E-state index in [4.69, 9.17) is 4.74 Å². The Morgan fingerprint density at radius 1 is 1.67 bits per heavy atom. The minimum absolute atomic E-state index is 0.539. The average molecular weight is 165 g/mol. The molecular weight excluding hydrogens is 152 g/mol. The van der Waals surface area contributed by atoms with Gasteiger partial charge in [0.2, 0.25) is 0 Å². The second-order valence-corrected chi connectivity index (χ2v) is 2.39. The first-order chi connectivity index (χ1) is 5.88. The van der Waals surface area contributed by atoms with Gasteiger partial charge in [0, 0.05) is 25.9 Å². The van der Waals surface area contributed by atoms with Gasteiger partial charge >= 0.3 is 0 Å². The van der Waals surface area contributed by atoms with E-state index in [0.717, 1.165) is 17.9 Å². The van der Waals surface area contributed by atoms with Crippen molar-refractivity contribution >= 4 is 5.69 Å². The van der Waals surface area contributed by atoms with Gasteiger partial charge < -0.3 is 10.1 Å². The number of nitrogens with one attached hydrogen (secondary N) is 1. The Balaban J connectivity index is 2.77. The summed E-state index contributed by atoms with van der Waals surface area (Å²) in [5.41, 5.74) is 1.93. The van der Waals surface area contributed by atoms with Crippen molar-refractivity contribution in [1.82, 2.24) is 4.98 Å². The highest BCUT2D eigenvalue weighted by molar-refractivity contribution is 5.46. The largest absolute Gasteiger partial charge is 0.384 e. The molecule has 0 amide bonds. The van der Waals surface area contributed by atoms with E-state index in [1.54, 1.807) is 13.3 Å². The molecule has 0 bridgehead atoms. The van der Waals surface area contributed by atoms with E-state index in [1.807, 2.05) is 13.0 Å². The number of nitrogens with zero attached hydrogens (tertiary/aromatic N) is 1. The molecule has 0 aliphatic carbocycles. The number of ether oxygens (including phenoxy) is 1. The van der Waals surface area contributed by atoms with Gasteiger partial charge in [-0.2, -0.15) is 0 Å². The second kappa shape index (κ2) is 4.72. The molecule has 0 fully saturated rings. The van der Waals surface area contributed by atoms with E-state index in [1.165, 1.54) is 0 Å². The van der Waals surface area contributed by atoms with Crippen molar-refractivity contribution in [2.45, 2.75) is 13.5 Å². The molecule has 3 nitrogen and oxygen atoms in total. The highest BCUT2D eigenvalue weighted by atomic mass is 16.5. The van der Waals surface area contributed by atoms with Crippen LogP contribution in [0.1, 0.15) is 12.6 Å². The van der Waals surface area contributed by atoms with Gasteiger partial charge in [-0.25, -0.2) is 0 Å². The third kappa shape index (κ3) is 2.20. The number of pyridine rings is 1.